The van der Waals surface area contributed by atoms with E-state index in [2.05, 4.69) is 20.3 Å². The Labute approximate surface area is 195 Å². The molecule has 5 rings (SSSR count). The van der Waals surface area contributed by atoms with Crippen molar-refractivity contribution in [2.24, 2.45) is 0 Å². The molecule has 0 bridgehead atoms. The second kappa shape index (κ2) is 8.24. The van der Waals surface area contributed by atoms with E-state index in [9.17, 15) is 18.0 Å². The third kappa shape index (κ3) is 3.81. The number of aromatic nitrogens is 5. The highest BCUT2D eigenvalue weighted by Gasteiger charge is 2.40. The van der Waals surface area contributed by atoms with Crippen LogP contribution in [-0.4, -0.2) is 42.5 Å². The van der Waals surface area contributed by atoms with Crippen LogP contribution >= 0.6 is 11.6 Å². The number of rotatable bonds is 4. The van der Waals surface area contributed by atoms with E-state index in [1.54, 1.807) is 18.2 Å². The molecule has 2 aromatic carbocycles. The molecule has 0 saturated carbocycles. The van der Waals surface area contributed by atoms with Crippen molar-refractivity contribution >= 4 is 17.5 Å². The summed E-state index contributed by atoms with van der Waals surface area (Å²) in [6.07, 6.45) is -1.35. The highest BCUT2D eigenvalue weighted by molar-refractivity contribution is 6.31. The fraction of sp³-hybridized carbons (Fsp3) is 0.227. The van der Waals surface area contributed by atoms with Gasteiger partial charge in [-0.15, -0.1) is 0 Å². The Morgan fingerprint density at radius 1 is 1.18 bits per heavy atom. The first-order valence-corrected chi connectivity index (χ1v) is 10.6. The SMILES string of the molecule is Cc1c(Cl)cccc1-c1noc([C@@H]2CCN2C(=O)c2cc(C(F)(F)F)ccc2-n2nccn2)n1. The number of halogens is 4. The summed E-state index contributed by atoms with van der Waals surface area (Å²) >= 11 is 6.17. The molecule has 0 N–H and O–H groups in total. The smallest absolute Gasteiger partial charge is 0.337 e. The zero-order chi connectivity index (χ0) is 24.0. The van der Waals surface area contributed by atoms with Gasteiger partial charge in [-0.05, 0) is 43.2 Å². The van der Waals surface area contributed by atoms with Crippen molar-refractivity contribution in [3.63, 3.8) is 0 Å². The summed E-state index contributed by atoms with van der Waals surface area (Å²) in [6, 6.07) is 7.61. The van der Waals surface area contributed by atoms with Crippen LogP contribution in [0.1, 0.15) is 39.8 Å². The average molecular weight is 489 g/mol. The van der Waals surface area contributed by atoms with Crippen LogP contribution in [0.2, 0.25) is 5.02 Å². The molecule has 1 fully saturated rings. The molecule has 3 heterocycles. The van der Waals surface area contributed by atoms with Crippen LogP contribution in [0, 0.1) is 6.92 Å². The molecular formula is C22H16ClF3N6O2. The molecule has 34 heavy (non-hydrogen) atoms. The quantitative estimate of drug-likeness (QED) is 0.406. The van der Waals surface area contributed by atoms with E-state index in [0.717, 1.165) is 22.5 Å². The van der Waals surface area contributed by atoms with E-state index < -0.39 is 23.7 Å². The first kappa shape index (κ1) is 22.1. The molecule has 0 aliphatic carbocycles. The van der Waals surface area contributed by atoms with Gasteiger partial charge in [0.1, 0.15) is 6.04 Å². The van der Waals surface area contributed by atoms with E-state index in [1.165, 1.54) is 23.4 Å². The van der Waals surface area contributed by atoms with Crippen LogP contribution in [0.25, 0.3) is 17.1 Å². The summed E-state index contributed by atoms with van der Waals surface area (Å²) < 4.78 is 45.5. The van der Waals surface area contributed by atoms with Crippen molar-refractivity contribution in [1.29, 1.82) is 0 Å². The maximum Gasteiger partial charge on any atom is 0.416 e. The van der Waals surface area contributed by atoms with Gasteiger partial charge in [0.2, 0.25) is 11.7 Å². The number of nitrogens with zero attached hydrogens (tertiary/aromatic N) is 6. The monoisotopic (exact) mass is 488 g/mol. The topological polar surface area (TPSA) is 89.9 Å². The number of carbonyl (C=O) groups is 1. The maximum atomic E-state index is 13.4. The van der Waals surface area contributed by atoms with Gasteiger partial charge in [0.25, 0.3) is 5.91 Å². The molecule has 1 aliphatic rings. The molecule has 4 aromatic rings. The summed E-state index contributed by atoms with van der Waals surface area (Å²) in [5.74, 6) is -0.108. The molecule has 0 spiro atoms. The van der Waals surface area contributed by atoms with Gasteiger partial charge in [0.05, 0.1) is 29.2 Å². The van der Waals surface area contributed by atoms with E-state index >= 15 is 0 Å². The molecule has 1 amide bonds. The van der Waals surface area contributed by atoms with E-state index in [-0.39, 0.29) is 17.1 Å². The van der Waals surface area contributed by atoms with Crippen LogP contribution in [-0.2, 0) is 6.18 Å². The summed E-state index contributed by atoms with van der Waals surface area (Å²) in [7, 11) is 0. The molecule has 12 heteroatoms. The molecule has 0 unspecified atom stereocenters. The minimum atomic E-state index is -4.62. The van der Waals surface area contributed by atoms with Crippen molar-refractivity contribution in [1.82, 2.24) is 30.0 Å². The van der Waals surface area contributed by atoms with E-state index in [4.69, 9.17) is 16.1 Å². The summed E-state index contributed by atoms with van der Waals surface area (Å²) in [5, 5.41) is 12.5. The van der Waals surface area contributed by atoms with Crippen molar-refractivity contribution in [3.8, 4) is 17.1 Å². The van der Waals surface area contributed by atoms with Gasteiger partial charge in [0, 0.05) is 17.1 Å². The molecule has 2 aromatic heterocycles. The number of alkyl halides is 3. The predicted octanol–water partition coefficient (Wildman–Crippen LogP) is 4.89. The van der Waals surface area contributed by atoms with Gasteiger partial charge in [-0.2, -0.15) is 33.1 Å². The second-order valence-electron chi connectivity index (χ2n) is 7.72. The van der Waals surface area contributed by atoms with Gasteiger partial charge < -0.3 is 9.42 Å². The molecule has 8 nitrogen and oxygen atoms in total. The molecule has 0 radical (unpaired) electrons. The van der Waals surface area contributed by atoms with Crippen LogP contribution in [0.15, 0.2) is 53.3 Å². The van der Waals surface area contributed by atoms with Gasteiger partial charge in [0.15, 0.2) is 0 Å². The minimum Gasteiger partial charge on any atom is -0.337 e. The van der Waals surface area contributed by atoms with Crippen LogP contribution in [0.4, 0.5) is 13.2 Å². The van der Waals surface area contributed by atoms with Gasteiger partial charge in [-0.3, -0.25) is 4.79 Å². The average Bonchev–Trinajstić information content (AvgIpc) is 3.46. The fourth-order valence-corrected chi connectivity index (χ4v) is 3.94. The van der Waals surface area contributed by atoms with Crippen LogP contribution < -0.4 is 0 Å². The number of carbonyl (C=O) groups excluding carboxylic acids is 1. The molecular weight excluding hydrogens is 473 g/mol. The van der Waals surface area contributed by atoms with E-state index in [0.29, 0.717) is 29.4 Å². The minimum absolute atomic E-state index is 0.134. The first-order chi connectivity index (χ1) is 16.2. The Morgan fingerprint density at radius 3 is 2.62 bits per heavy atom. The molecule has 174 valence electrons. The number of amides is 1. The highest BCUT2D eigenvalue weighted by atomic mass is 35.5. The lowest BCUT2D eigenvalue weighted by molar-refractivity contribution is -0.137. The lowest BCUT2D eigenvalue weighted by Crippen LogP contribution is -2.45. The van der Waals surface area contributed by atoms with Gasteiger partial charge in [-0.1, -0.05) is 28.9 Å². The summed E-state index contributed by atoms with van der Waals surface area (Å²) in [5.41, 5.74) is 0.471. The second-order valence-corrected chi connectivity index (χ2v) is 8.13. The zero-order valence-electron chi connectivity index (χ0n) is 17.6. The molecule has 1 aliphatic heterocycles. The maximum absolute atomic E-state index is 13.4. The highest BCUT2D eigenvalue weighted by Crippen LogP contribution is 2.37. The predicted molar refractivity (Wildman–Crippen MR) is 114 cm³/mol. The van der Waals surface area contributed by atoms with Gasteiger partial charge >= 0.3 is 6.18 Å². The Balaban J connectivity index is 1.47. The largest absolute Gasteiger partial charge is 0.416 e. The Morgan fingerprint density at radius 2 is 1.94 bits per heavy atom. The Kier molecular flexibility index (Phi) is 5.35. The first-order valence-electron chi connectivity index (χ1n) is 10.2. The third-order valence-corrected chi connectivity index (χ3v) is 6.11. The Hall–Kier alpha value is -3.73. The lowest BCUT2D eigenvalue weighted by Gasteiger charge is -2.38. The van der Waals surface area contributed by atoms with Crippen LogP contribution in [0.5, 0.6) is 0 Å². The normalized spacial score (nSPS) is 15.9. The van der Waals surface area contributed by atoms with Crippen molar-refractivity contribution < 1.29 is 22.5 Å². The number of likely N-dealkylation sites (tertiary alicyclic amines) is 1. The van der Waals surface area contributed by atoms with Crippen molar-refractivity contribution in [3.05, 3.63) is 76.4 Å². The third-order valence-electron chi connectivity index (χ3n) is 5.70. The van der Waals surface area contributed by atoms with Crippen LogP contribution in [0.3, 0.4) is 0 Å². The lowest BCUT2D eigenvalue weighted by atomic mass is 9.99. The number of hydrogen-bond acceptors (Lipinski definition) is 6. The standard InChI is InChI=1S/C22H16ClF3N6O2/c1-12-14(3-2-4-16(12)23)19-29-20(34-30-19)18-7-10-31(18)21(33)15-11-13(22(24,25)26)5-6-17(15)32-27-8-9-28-32/h2-6,8-9,11,18H,7,10H2,1H3/t18-/m0/s1. The Bertz CT molecular complexity index is 1370. The zero-order valence-corrected chi connectivity index (χ0v) is 18.4. The number of benzene rings is 2. The molecule has 1 atom stereocenters. The summed E-state index contributed by atoms with van der Waals surface area (Å²) in [4.78, 5) is 20.3. The van der Waals surface area contributed by atoms with Crippen molar-refractivity contribution in [2.45, 2.75) is 25.6 Å². The fourth-order valence-electron chi connectivity index (χ4n) is 3.77. The summed E-state index contributed by atoms with van der Waals surface area (Å²) in [6.45, 7) is 2.14. The molecule has 1 saturated heterocycles. The number of hydrogen-bond donors (Lipinski definition) is 0. The van der Waals surface area contributed by atoms with Gasteiger partial charge in [-0.25, -0.2) is 0 Å². The van der Waals surface area contributed by atoms with E-state index in [1.807, 2.05) is 6.92 Å². The van der Waals surface area contributed by atoms with Crippen molar-refractivity contribution in [2.75, 3.05) is 6.54 Å².